The van der Waals surface area contributed by atoms with E-state index in [0.29, 0.717) is 5.91 Å². The van der Waals surface area contributed by atoms with Crippen LogP contribution in [0.15, 0.2) is 30.3 Å². The first-order valence-corrected chi connectivity index (χ1v) is 8.34. The van der Waals surface area contributed by atoms with Crippen molar-refractivity contribution in [3.05, 3.63) is 30.3 Å². The molecule has 114 valence electrons. The van der Waals surface area contributed by atoms with Crippen molar-refractivity contribution in [2.75, 3.05) is 31.1 Å². The van der Waals surface area contributed by atoms with E-state index >= 15 is 0 Å². The van der Waals surface area contributed by atoms with Crippen molar-refractivity contribution < 1.29 is 4.79 Å². The Morgan fingerprint density at radius 2 is 1.71 bits per heavy atom. The van der Waals surface area contributed by atoms with Crippen LogP contribution in [0, 0.1) is 5.41 Å². The van der Waals surface area contributed by atoms with E-state index in [1.165, 1.54) is 19.4 Å². The van der Waals surface area contributed by atoms with Crippen LogP contribution >= 0.6 is 0 Å². The number of benzene rings is 1. The number of rotatable bonds is 4. The highest BCUT2D eigenvalue weighted by molar-refractivity contribution is 5.99. The van der Waals surface area contributed by atoms with Crippen LogP contribution in [0.1, 0.15) is 39.0 Å². The monoisotopic (exact) mass is 286 g/mol. The molecule has 3 rings (SSSR count). The maximum Gasteiger partial charge on any atom is 0.233 e. The zero-order valence-electron chi connectivity index (χ0n) is 13.1. The molecule has 0 bridgehead atoms. The van der Waals surface area contributed by atoms with Crippen LogP contribution in [0.2, 0.25) is 0 Å². The first-order valence-electron chi connectivity index (χ1n) is 8.34. The molecule has 0 atom stereocenters. The maximum absolute atomic E-state index is 12.9. The van der Waals surface area contributed by atoms with Gasteiger partial charge in [-0.15, -0.1) is 0 Å². The molecule has 2 aliphatic rings. The summed E-state index contributed by atoms with van der Waals surface area (Å²) >= 11 is 0. The van der Waals surface area contributed by atoms with Crippen LogP contribution < -0.4 is 4.90 Å². The van der Waals surface area contributed by atoms with Gasteiger partial charge < -0.3 is 9.80 Å². The molecule has 2 saturated heterocycles. The minimum absolute atomic E-state index is 0.0709. The summed E-state index contributed by atoms with van der Waals surface area (Å²) in [7, 11) is 0. The van der Waals surface area contributed by atoms with Gasteiger partial charge in [0.25, 0.3) is 0 Å². The average molecular weight is 286 g/mol. The SMILES string of the molecule is CCCCN1CCC2(CC1)CCN(c1ccccc1)C2=O. The molecule has 1 amide bonds. The number of piperidine rings is 1. The number of anilines is 1. The van der Waals surface area contributed by atoms with Crippen LogP contribution in [-0.2, 0) is 4.79 Å². The van der Waals surface area contributed by atoms with E-state index in [1.807, 2.05) is 35.2 Å². The van der Waals surface area contributed by atoms with E-state index in [2.05, 4.69) is 11.8 Å². The predicted octanol–water partition coefficient (Wildman–Crippen LogP) is 3.31. The van der Waals surface area contributed by atoms with Crippen LogP contribution in [0.25, 0.3) is 0 Å². The second-order valence-electron chi connectivity index (χ2n) is 6.52. The number of unbranched alkanes of at least 4 members (excludes halogenated alkanes) is 1. The largest absolute Gasteiger partial charge is 0.312 e. The fourth-order valence-electron chi connectivity index (χ4n) is 3.73. The van der Waals surface area contributed by atoms with Crippen molar-refractivity contribution in [3.8, 4) is 0 Å². The predicted molar refractivity (Wildman–Crippen MR) is 86.4 cm³/mol. The van der Waals surface area contributed by atoms with Gasteiger partial charge in [-0.2, -0.15) is 0 Å². The first-order chi connectivity index (χ1) is 10.2. The molecule has 0 aromatic heterocycles. The number of amides is 1. The zero-order chi connectivity index (χ0) is 14.7. The molecule has 0 unspecified atom stereocenters. The molecule has 0 aliphatic carbocycles. The molecule has 21 heavy (non-hydrogen) atoms. The van der Waals surface area contributed by atoms with Gasteiger partial charge in [-0.3, -0.25) is 4.79 Å². The van der Waals surface area contributed by atoms with Gasteiger partial charge >= 0.3 is 0 Å². The summed E-state index contributed by atoms with van der Waals surface area (Å²) < 4.78 is 0. The third kappa shape index (κ3) is 2.84. The lowest BCUT2D eigenvalue weighted by molar-refractivity contribution is -0.128. The average Bonchev–Trinajstić information content (AvgIpc) is 2.85. The van der Waals surface area contributed by atoms with Gasteiger partial charge in [-0.1, -0.05) is 31.5 Å². The molecule has 3 heteroatoms. The van der Waals surface area contributed by atoms with Gasteiger partial charge in [-0.25, -0.2) is 0 Å². The molecule has 0 saturated carbocycles. The number of para-hydroxylation sites is 1. The van der Waals surface area contributed by atoms with E-state index in [0.717, 1.165) is 44.6 Å². The smallest absolute Gasteiger partial charge is 0.233 e. The van der Waals surface area contributed by atoms with E-state index in [1.54, 1.807) is 0 Å². The summed E-state index contributed by atoms with van der Waals surface area (Å²) in [6.45, 7) is 6.51. The summed E-state index contributed by atoms with van der Waals surface area (Å²) in [5.74, 6) is 0.365. The molecule has 0 N–H and O–H groups in total. The van der Waals surface area contributed by atoms with E-state index in [-0.39, 0.29) is 5.41 Å². The van der Waals surface area contributed by atoms with Gasteiger partial charge in [0.2, 0.25) is 5.91 Å². The van der Waals surface area contributed by atoms with Crippen LogP contribution in [0.5, 0.6) is 0 Å². The Bertz CT molecular complexity index is 477. The normalized spacial score (nSPS) is 22.1. The Morgan fingerprint density at radius 1 is 1.05 bits per heavy atom. The van der Waals surface area contributed by atoms with Crippen LogP contribution in [0.3, 0.4) is 0 Å². The van der Waals surface area contributed by atoms with Crippen molar-refractivity contribution in [1.82, 2.24) is 4.90 Å². The fourth-order valence-corrected chi connectivity index (χ4v) is 3.73. The van der Waals surface area contributed by atoms with E-state index in [4.69, 9.17) is 0 Å². The number of carbonyl (C=O) groups is 1. The van der Waals surface area contributed by atoms with Gasteiger partial charge in [0.15, 0.2) is 0 Å². The standard InChI is InChI=1S/C18H26N2O/c1-2-3-12-19-13-9-18(10-14-19)11-15-20(17(18)21)16-7-5-4-6-8-16/h4-8H,2-3,9-15H2,1H3. The number of nitrogens with zero attached hydrogens (tertiary/aromatic N) is 2. The van der Waals surface area contributed by atoms with Crippen LogP contribution in [-0.4, -0.2) is 37.0 Å². The van der Waals surface area contributed by atoms with Gasteiger partial charge in [-0.05, 0) is 57.5 Å². The highest BCUT2D eigenvalue weighted by Gasteiger charge is 2.48. The summed E-state index contributed by atoms with van der Waals surface area (Å²) in [6, 6.07) is 10.1. The summed E-state index contributed by atoms with van der Waals surface area (Å²) in [5.41, 5.74) is 0.992. The van der Waals surface area contributed by atoms with Gasteiger partial charge in [0.1, 0.15) is 0 Å². The third-order valence-electron chi connectivity index (χ3n) is 5.22. The molecule has 2 aliphatic heterocycles. The quantitative estimate of drug-likeness (QED) is 0.848. The second kappa shape index (κ2) is 6.18. The topological polar surface area (TPSA) is 23.6 Å². The molecule has 1 aromatic carbocycles. The first kappa shape index (κ1) is 14.6. The Kier molecular flexibility index (Phi) is 4.29. The lowest BCUT2D eigenvalue weighted by Crippen LogP contribution is -2.44. The summed E-state index contributed by atoms with van der Waals surface area (Å²) in [5, 5.41) is 0. The van der Waals surface area contributed by atoms with Crippen molar-refractivity contribution in [2.24, 2.45) is 5.41 Å². The number of carbonyl (C=O) groups excluding carboxylic acids is 1. The Morgan fingerprint density at radius 3 is 2.38 bits per heavy atom. The van der Waals surface area contributed by atoms with Gasteiger partial charge in [0.05, 0.1) is 5.41 Å². The minimum Gasteiger partial charge on any atom is -0.312 e. The van der Waals surface area contributed by atoms with Crippen molar-refractivity contribution >= 4 is 11.6 Å². The van der Waals surface area contributed by atoms with Crippen molar-refractivity contribution in [2.45, 2.75) is 39.0 Å². The maximum atomic E-state index is 12.9. The minimum atomic E-state index is -0.0709. The second-order valence-corrected chi connectivity index (χ2v) is 6.52. The van der Waals surface area contributed by atoms with Gasteiger partial charge in [0, 0.05) is 12.2 Å². The molecular weight excluding hydrogens is 260 g/mol. The summed E-state index contributed by atoms with van der Waals surface area (Å²) in [6.07, 6.45) is 5.64. The highest BCUT2D eigenvalue weighted by atomic mass is 16.2. The van der Waals surface area contributed by atoms with Crippen LogP contribution in [0.4, 0.5) is 5.69 Å². The number of hydrogen-bond donors (Lipinski definition) is 0. The lowest BCUT2D eigenvalue weighted by atomic mass is 9.77. The Hall–Kier alpha value is -1.35. The molecule has 1 spiro atoms. The number of hydrogen-bond acceptors (Lipinski definition) is 2. The Balaban J connectivity index is 1.64. The molecule has 1 aromatic rings. The van der Waals surface area contributed by atoms with E-state index < -0.39 is 0 Å². The lowest BCUT2D eigenvalue weighted by Gasteiger charge is -2.38. The van der Waals surface area contributed by atoms with E-state index in [9.17, 15) is 4.79 Å². The molecule has 3 nitrogen and oxygen atoms in total. The number of likely N-dealkylation sites (tertiary alicyclic amines) is 1. The molecule has 0 radical (unpaired) electrons. The van der Waals surface area contributed by atoms with Crippen molar-refractivity contribution in [3.63, 3.8) is 0 Å². The van der Waals surface area contributed by atoms with Crippen molar-refractivity contribution in [1.29, 1.82) is 0 Å². The Labute approximate surface area is 127 Å². The molecule has 2 fully saturated rings. The molecular formula is C18H26N2O. The molecule has 2 heterocycles. The third-order valence-corrected chi connectivity index (χ3v) is 5.22. The zero-order valence-corrected chi connectivity index (χ0v) is 13.1. The highest BCUT2D eigenvalue weighted by Crippen LogP contribution is 2.43. The summed E-state index contributed by atoms with van der Waals surface area (Å²) in [4.78, 5) is 17.4. The fraction of sp³-hybridized carbons (Fsp3) is 0.611.